The fourth-order valence-corrected chi connectivity index (χ4v) is 4.66. The minimum Gasteiger partial charge on any atom is -0.467 e. The Morgan fingerprint density at radius 1 is 1.06 bits per heavy atom. The number of hydrogen-bond acceptors (Lipinski definition) is 3. The highest BCUT2D eigenvalue weighted by molar-refractivity contribution is 6.31. The maximum atomic E-state index is 13.9. The van der Waals surface area contributed by atoms with Gasteiger partial charge in [-0.05, 0) is 50.2 Å². The van der Waals surface area contributed by atoms with Gasteiger partial charge in [-0.1, -0.05) is 53.6 Å². The number of imide groups is 1. The standard InChI is InChI=1S/C25H21ClN2O3/c1-16-10-12-19(13-11-16)28-24(30)27(23(29)17-6-5-7-18(26)14-17)21-15-25(28,2)31-22-9-4-3-8-20(21)22/h3-14,21H,15H2,1-2H3/t21-,25-/m1/s1. The maximum absolute atomic E-state index is 13.9. The zero-order valence-corrected chi connectivity index (χ0v) is 18.0. The van der Waals surface area contributed by atoms with E-state index < -0.39 is 17.8 Å². The van der Waals surface area contributed by atoms with Crippen molar-refractivity contribution < 1.29 is 14.3 Å². The van der Waals surface area contributed by atoms with Crippen molar-refractivity contribution in [1.29, 1.82) is 0 Å². The fourth-order valence-electron chi connectivity index (χ4n) is 4.47. The van der Waals surface area contributed by atoms with Crippen molar-refractivity contribution in [3.05, 3.63) is 94.5 Å². The van der Waals surface area contributed by atoms with Crippen molar-refractivity contribution >= 4 is 29.2 Å². The number of urea groups is 1. The van der Waals surface area contributed by atoms with Gasteiger partial charge < -0.3 is 4.74 Å². The summed E-state index contributed by atoms with van der Waals surface area (Å²) < 4.78 is 6.36. The van der Waals surface area contributed by atoms with Crippen molar-refractivity contribution in [1.82, 2.24) is 4.90 Å². The van der Waals surface area contributed by atoms with Crippen LogP contribution in [0, 0.1) is 6.92 Å². The van der Waals surface area contributed by atoms with Crippen LogP contribution in [-0.4, -0.2) is 22.6 Å². The number of fused-ring (bicyclic) bond motifs is 4. The van der Waals surface area contributed by atoms with Crippen molar-refractivity contribution in [3.8, 4) is 5.75 Å². The summed E-state index contributed by atoms with van der Waals surface area (Å²) in [5.41, 5.74) is 2.04. The number of anilines is 1. The molecule has 3 amide bonds. The zero-order valence-electron chi connectivity index (χ0n) is 17.2. The average Bonchev–Trinajstić information content (AvgIpc) is 2.74. The van der Waals surface area contributed by atoms with Crippen LogP contribution in [-0.2, 0) is 0 Å². The molecule has 0 spiro atoms. The number of ether oxygens (including phenoxy) is 1. The third-order valence-electron chi connectivity index (χ3n) is 5.94. The lowest BCUT2D eigenvalue weighted by Crippen LogP contribution is -2.67. The van der Waals surface area contributed by atoms with E-state index in [0.717, 1.165) is 11.1 Å². The minimum absolute atomic E-state index is 0.372. The number of hydrogen-bond donors (Lipinski definition) is 0. The highest BCUT2D eigenvalue weighted by Crippen LogP contribution is 2.49. The van der Waals surface area contributed by atoms with E-state index in [2.05, 4.69) is 0 Å². The van der Waals surface area contributed by atoms with E-state index in [9.17, 15) is 9.59 Å². The van der Waals surface area contributed by atoms with Crippen molar-refractivity contribution in [2.45, 2.75) is 32.0 Å². The third kappa shape index (κ3) is 3.17. The molecule has 5 rings (SSSR count). The minimum atomic E-state index is -0.920. The molecule has 0 aromatic heterocycles. The lowest BCUT2D eigenvalue weighted by Gasteiger charge is -2.53. The van der Waals surface area contributed by atoms with E-state index >= 15 is 0 Å². The molecule has 1 fully saturated rings. The second-order valence-electron chi connectivity index (χ2n) is 8.17. The van der Waals surface area contributed by atoms with Gasteiger partial charge in [0, 0.05) is 28.3 Å². The second kappa shape index (κ2) is 7.13. The molecule has 2 aliphatic heterocycles. The van der Waals surface area contributed by atoms with Gasteiger partial charge in [0.05, 0.1) is 6.04 Å². The van der Waals surface area contributed by atoms with Gasteiger partial charge in [-0.3, -0.25) is 14.6 Å². The molecule has 3 aromatic rings. The zero-order chi connectivity index (χ0) is 21.8. The van der Waals surface area contributed by atoms with Gasteiger partial charge in [-0.2, -0.15) is 0 Å². The van der Waals surface area contributed by atoms with Crippen molar-refractivity contribution in [2.75, 3.05) is 4.90 Å². The van der Waals surface area contributed by atoms with Gasteiger partial charge in [-0.15, -0.1) is 0 Å². The molecule has 5 nitrogen and oxygen atoms in total. The molecule has 0 N–H and O–H groups in total. The number of rotatable bonds is 2. The Kier molecular flexibility index (Phi) is 4.52. The molecular weight excluding hydrogens is 412 g/mol. The number of benzene rings is 3. The second-order valence-corrected chi connectivity index (χ2v) is 8.61. The number of halogens is 1. The molecule has 6 heteroatoms. The Hall–Kier alpha value is -3.31. The monoisotopic (exact) mass is 432 g/mol. The van der Waals surface area contributed by atoms with Gasteiger partial charge in [0.25, 0.3) is 5.91 Å². The molecule has 2 bridgehead atoms. The smallest absolute Gasteiger partial charge is 0.335 e. The molecule has 31 heavy (non-hydrogen) atoms. The van der Waals surface area contributed by atoms with Crippen molar-refractivity contribution in [2.24, 2.45) is 0 Å². The van der Waals surface area contributed by atoms with E-state index in [1.54, 1.807) is 29.2 Å². The van der Waals surface area contributed by atoms with Crippen LogP contribution < -0.4 is 9.64 Å². The molecule has 2 aliphatic rings. The summed E-state index contributed by atoms with van der Waals surface area (Å²) in [6, 6.07) is 21.1. The summed E-state index contributed by atoms with van der Waals surface area (Å²) in [5.74, 6) is 0.295. The van der Waals surface area contributed by atoms with Gasteiger partial charge in [0.2, 0.25) is 0 Å². The molecule has 156 valence electrons. The van der Waals surface area contributed by atoms with Gasteiger partial charge in [0.15, 0.2) is 5.72 Å². The van der Waals surface area contributed by atoms with Crippen LogP contribution in [0.5, 0.6) is 5.75 Å². The highest BCUT2D eigenvalue weighted by atomic mass is 35.5. The molecule has 0 saturated carbocycles. The van der Waals surface area contributed by atoms with E-state index in [1.807, 2.05) is 62.4 Å². The first-order chi connectivity index (χ1) is 14.9. The summed E-state index contributed by atoms with van der Waals surface area (Å²) in [6.07, 6.45) is 0.454. The van der Waals surface area contributed by atoms with Crippen LogP contribution in [0.1, 0.15) is 40.9 Å². The Balaban J connectivity index is 1.67. The van der Waals surface area contributed by atoms with Crippen molar-refractivity contribution in [3.63, 3.8) is 0 Å². The van der Waals surface area contributed by atoms with Crippen LogP contribution in [0.25, 0.3) is 0 Å². The molecule has 3 aromatic carbocycles. The largest absolute Gasteiger partial charge is 0.467 e. The first-order valence-corrected chi connectivity index (χ1v) is 10.5. The van der Waals surface area contributed by atoms with Crippen LogP contribution in [0.15, 0.2) is 72.8 Å². The Morgan fingerprint density at radius 2 is 1.81 bits per heavy atom. The van der Waals surface area contributed by atoms with Gasteiger partial charge >= 0.3 is 6.03 Å². The first-order valence-electron chi connectivity index (χ1n) is 10.2. The molecule has 0 aliphatic carbocycles. The number of carbonyl (C=O) groups excluding carboxylic acids is 2. The number of para-hydroxylation sites is 1. The van der Waals surface area contributed by atoms with Gasteiger partial charge in [0.1, 0.15) is 5.75 Å². The van der Waals surface area contributed by atoms with E-state index in [0.29, 0.717) is 28.4 Å². The Labute approximate surface area is 185 Å². The van der Waals surface area contributed by atoms with Crippen LogP contribution in [0.3, 0.4) is 0 Å². The maximum Gasteiger partial charge on any atom is 0.335 e. The predicted molar refractivity (Wildman–Crippen MR) is 120 cm³/mol. The van der Waals surface area contributed by atoms with E-state index in [1.165, 1.54) is 4.90 Å². The highest BCUT2D eigenvalue weighted by Gasteiger charge is 2.55. The third-order valence-corrected chi connectivity index (χ3v) is 6.18. The van der Waals surface area contributed by atoms with E-state index in [4.69, 9.17) is 16.3 Å². The molecule has 2 heterocycles. The Bertz CT molecular complexity index is 1190. The Morgan fingerprint density at radius 3 is 2.55 bits per heavy atom. The predicted octanol–water partition coefficient (Wildman–Crippen LogP) is 5.97. The molecule has 0 unspecified atom stereocenters. The topological polar surface area (TPSA) is 49.9 Å². The molecule has 0 radical (unpaired) electrons. The van der Waals surface area contributed by atoms with Gasteiger partial charge in [-0.25, -0.2) is 4.79 Å². The van der Waals surface area contributed by atoms with E-state index in [-0.39, 0.29) is 5.91 Å². The molecule has 1 saturated heterocycles. The first kappa shape index (κ1) is 19.6. The van der Waals surface area contributed by atoms with Crippen LogP contribution >= 0.6 is 11.6 Å². The average molecular weight is 433 g/mol. The lowest BCUT2D eigenvalue weighted by atomic mass is 9.88. The number of carbonyl (C=O) groups is 2. The summed E-state index contributed by atoms with van der Waals surface area (Å²) in [6.45, 7) is 3.89. The molecular formula is C25H21ClN2O3. The lowest BCUT2D eigenvalue weighted by molar-refractivity contribution is 0.00268. The normalized spacial score (nSPS) is 22.0. The quantitative estimate of drug-likeness (QED) is 0.501. The number of amides is 3. The summed E-state index contributed by atoms with van der Waals surface area (Å²) in [5, 5.41) is 0.447. The van der Waals surface area contributed by atoms with Crippen LogP contribution in [0.2, 0.25) is 5.02 Å². The van der Waals surface area contributed by atoms with Crippen LogP contribution in [0.4, 0.5) is 10.5 Å². The summed E-state index contributed by atoms with van der Waals surface area (Å²) >= 11 is 6.13. The number of aryl methyl sites for hydroxylation is 1. The summed E-state index contributed by atoms with van der Waals surface area (Å²) in [7, 11) is 0. The number of nitrogens with zero attached hydrogens (tertiary/aromatic N) is 2. The summed E-state index contributed by atoms with van der Waals surface area (Å²) in [4.78, 5) is 30.4. The fraction of sp³-hybridized carbons (Fsp3) is 0.200. The molecule has 2 atom stereocenters. The SMILES string of the molecule is Cc1ccc(N2C(=O)N(C(=O)c3cccc(Cl)c3)[C@@H]3C[C@@]2(C)Oc2ccccc23)cc1.